The van der Waals surface area contributed by atoms with Crippen molar-refractivity contribution >= 4 is 5.91 Å². The molecule has 0 bridgehead atoms. The van der Waals surface area contributed by atoms with Crippen LogP contribution < -0.4 is 5.73 Å². The average Bonchev–Trinajstić information content (AvgIpc) is 2.66. The monoisotopic (exact) mass is 203 g/mol. The Bertz CT molecular complexity index is 444. The number of amides is 1. The summed E-state index contributed by atoms with van der Waals surface area (Å²) in [6, 6.07) is 0. The summed E-state index contributed by atoms with van der Waals surface area (Å²) < 4.78 is 1.67. The Hall–Kier alpha value is -1.84. The maximum absolute atomic E-state index is 11.6. The molecular weight excluding hydrogens is 190 g/mol. The topological polar surface area (TPSA) is 60.9 Å². The van der Waals surface area contributed by atoms with Gasteiger partial charge in [0.1, 0.15) is 0 Å². The molecule has 0 aliphatic heterocycles. The highest BCUT2D eigenvalue weighted by Gasteiger charge is 2.36. The summed E-state index contributed by atoms with van der Waals surface area (Å²) in [5.74, 6) is -0.337. The van der Waals surface area contributed by atoms with Gasteiger partial charge in [0.2, 0.25) is 5.91 Å². The minimum absolute atomic E-state index is 0.337. The van der Waals surface area contributed by atoms with Crippen LogP contribution in [0, 0.1) is 0 Å². The molecule has 1 heterocycles. The molecule has 0 saturated carbocycles. The molecule has 1 aromatic rings. The van der Waals surface area contributed by atoms with E-state index in [4.69, 9.17) is 5.73 Å². The second-order valence-electron chi connectivity index (χ2n) is 3.73. The first-order valence-electron chi connectivity index (χ1n) is 4.78. The number of aryl methyl sites for hydroxylation is 1. The highest BCUT2D eigenvalue weighted by molar-refractivity contribution is 5.89. The van der Waals surface area contributed by atoms with Gasteiger partial charge in [0.05, 0.1) is 11.6 Å². The molecule has 0 saturated heterocycles. The van der Waals surface area contributed by atoms with Gasteiger partial charge in [-0.2, -0.15) is 5.10 Å². The molecule has 78 valence electrons. The normalized spacial score (nSPS) is 24.3. The molecule has 4 heteroatoms. The van der Waals surface area contributed by atoms with Crippen molar-refractivity contribution in [2.24, 2.45) is 12.8 Å². The number of hydrogen-bond acceptors (Lipinski definition) is 2. The molecule has 2 rings (SSSR count). The first-order valence-corrected chi connectivity index (χ1v) is 4.78. The molecule has 0 spiro atoms. The Kier molecular flexibility index (Phi) is 2.19. The molecule has 0 radical (unpaired) electrons. The van der Waals surface area contributed by atoms with E-state index in [2.05, 4.69) is 5.10 Å². The van der Waals surface area contributed by atoms with E-state index in [9.17, 15) is 4.79 Å². The van der Waals surface area contributed by atoms with Gasteiger partial charge < -0.3 is 5.73 Å². The SMILES string of the molecule is Cn1cc(C2(C(N)=O)C=CC=CC2)cn1. The molecule has 1 unspecified atom stereocenters. The van der Waals surface area contributed by atoms with Crippen LogP contribution in [-0.4, -0.2) is 15.7 Å². The Morgan fingerprint density at radius 3 is 2.87 bits per heavy atom. The van der Waals surface area contributed by atoms with Crippen molar-refractivity contribution in [2.75, 3.05) is 0 Å². The van der Waals surface area contributed by atoms with Crippen molar-refractivity contribution < 1.29 is 4.79 Å². The quantitative estimate of drug-likeness (QED) is 0.767. The maximum Gasteiger partial charge on any atom is 0.232 e. The highest BCUT2D eigenvalue weighted by Crippen LogP contribution is 2.31. The molecular formula is C11H13N3O. The Morgan fingerprint density at radius 2 is 2.40 bits per heavy atom. The maximum atomic E-state index is 11.6. The van der Waals surface area contributed by atoms with Gasteiger partial charge in [0.25, 0.3) is 0 Å². The Balaban J connectivity index is 2.48. The van der Waals surface area contributed by atoms with E-state index >= 15 is 0 Å². The summed E-state index contributed by atoms with van der Waals surface area (Å²) in [6.45, 7) is 0. The van der Waals surface area contributed by atoms with Crippen LogP contribution in [0.25, 0.3) is 0 Å². The third-order valence-corrected chi connectivity index (χ3v) is 2.73. The lowest BCUT2D eigenvalue weighted by Crippen LogP contribution is -2.39. The number of rotatable bonds is 2. The number of primary amides is 1. The predicted molar refractivity (Wildman–Crippen MR) is 57.0 cm³/mol. The fraction of sp³-hybridized carbons (Fsp3) is 0.273. The number of nitrogens with zero attached hydrogens (tertiary/aromatic N) is 2. The number of allylic oxidation sites excluding steroid dienone is 3. The molecule has 4 nitrogen and oxygen atoms in total. The number of nitrogens with two attached hydrogens (primary N) is 1. The molecule has 1 amide bonds. The minimum Gasteiger partial charge on any atom is -0.369 e. The van der Waals surface area contributed by atoms with Gasteiger partial charge >= 0.3 is 0 Å². The van der Waals surface area contributed by atoms with Crippen LogP contribution in [-0.2, 0) is 17.3 Å². The zero-order chi connectivity index (χ0) is 10.9. The molecule has 2 N–H and O–H groups in total. The summed E-state index contributed by atoms with van der Waals surface area (Å²) in [5.41, 5.74) is 5.61. The van der Waals surface area contributed by atoms with Crippen LogP contribution in [0.3, 0.4) is 0 Å². The zero-order valence-corrected chi connectivity index (χ0v) is 8.55. The average molecular weight is 203 g/mol. The lowest BCUT2D eigenvalue weighted by Gasteiger charge is -2.26. The fourth-order valence-corrected chi connectivity index (χ4v) is 1.81. The predicted octanol–water partition coefficient (Wildman–Crippen LogP) is 0.659. The second kappa shape index (κ2) is 3.38. The lowest BCUT2D eigenvalue weighted by atomic mass is 9.76. The van der Waals surface area contributed by atoms with E-state index in [-0.39, 0.29) is 5.91 Å². The van der Waals surface area contributed by atoms with Crippen LogP contribution in [0.4, 0.5) is 0 Å². The molecule has 15 heavy (non-hydrogen) atoms. The third-order valence-electron chi connectivity index (χ3n) is 2.73. The molecule has 1 atom stereocenters. The van der Waals surface area contributed by atoms with E-state index in [0.29, 0.717) is 6.42 Å². The summed E-state index contributed by atoms with van der Waals surface area (Å²) in [6.07, 6.45) is 11.7. The number of carbonyl (C=O) groups is 1. The number of aromatic nitrogens is 2. The van der Waals surface area contributed by atoms with Crippen molar-refractivity contribution in [2.45, 2.75) is 11.8 Å². The van der Waals surface area contributed by atoms with Gasteiger partial charge in [-0.1, -0.05) is 24.3 Å². The number of hydrogen-bond donors (Lipinski definition) is 1. The van der Waals surface area contributed by atoms with Gasteiger partial charge in [0.15, 0.2) is 0 Å². The van der Waals surface area contributed by atoms with Gasteiger partial charge in [-0.25, -0.2) is 0 Å². The first-order chi connectivity index (χ1) is 7.15. The van der Waals surface area contributed by atoms with Gasteiger partial charge in [0, 0.05) is 18.8 Å². The van der Waals surface area contributed by atoms with Crippen LogP contribution in [0.15, 0.2) is 36.7 Å². The van der Waals surface area contributed by atoms with Crippen molar-refractivity contribution in [1.82, 2.24) is 9.78 Å². The molecule has 1 aliphatic carbocycles. The van der Waals surface area contributed by atoms with Crippen LogP contribution >= 0.6 is 0 Å². The van der Waals surface area contributed by atoms with E-state index in [1.54, 1.807) is 10.9 Å². The zero-order valence-electron chi connectivity index (χ0n) is 8.55. The smallest absolute Gasteiger partial charge is 0.232 e. The van der Waals surface area contributed by atoms with Crippen LogP contribution in [0.5, 0.6) is 0 Å². The summed E-state index contributed by atoms with van der Waals surface area (Å²) in [5, 5.41) is 4.07. The van der Waals surface area contributed by atoms with Gasteiger partial charge in [-0.3, -0.25) is 9.48 Å². The van der Waals surface area contributed by atoms with Crippen LogP contribution in [0.2, 0.25) is 0 Å². The lowest BCUT2D eigenvalue weighted by molar-refractivity contribution is -0.121. The van der Waals surface area contributed by atoms with E-state index in [1.165, 1.54) is 0 Å². The number of carbonyl (C=O) groups excluding carboxylic acids is 1. The summed E-state index contributed by atoms with van der Waals surface area (Å²) in [4.78, 5) is 11.6. The summed E-state index contributed by atoms with van der Waals surface area (Å²) in [7, 11) is 1.82. The van der Waals surface area contributed by atoms with E-state index in [0.717, 1.165) is 5.56 Å². The largest absolute Gasteiger partial charge is 0.369 e. The molecule has 0 fully saturated rings. The second-order valence-corrected chi connectivity index (χ2v) is 3.73. The van der Waals surface area contributed by atoms with Crippen LogP contribution in [0.1, 0.15) is 12.0 Å². The van der Waals surface area contributed by atoms with Crippen molar-refractivity contribution in [3.63, 3.8) is 0 Å². The fourth-order valence-electron chi connectivity index (χ4n) is 1.81. The van der Waals surface area contributed by atoms with E-state index in [1.807, 2.05) is 37.5 Å². The van der Waals surface area contributed by atoms with Crippen molar-refractivity contribution in [3.8, 4) is 0 Å². The van der Waals surface area contributed by atoms with Gasteiger partial charge in [-0.15, -0.1) is 0 Å². The van der Waals surface area contributed by atoms with Gasteiger partial charge in [-0.05, 0) is 6.42 Å². The Morgan fingerprint density at radius 1 is 1.60 bits per heavy atom. The van der Waals surface area contributed by atoms with Crippen molar-refractivity contribution in [1.29, 1.82) is 0 Å². The standard InChI is InChI=1S/C11H13N3O/c1-14-8-9(7-13-14)11(10(12)15)5-3-2-4-6-11/h2-5,7-8H,6H2,1H3,(H2,12,15). The minimum atomic E-state index is -0.719. The Labute approximate surface area is 88.1 Å². The molecule has 1 aliphatic rings. The summed E-state index contributed by atoms with van der Waals surface area (Å²) >= 11 is 0. The molecule has 0 aromatic carbocycles. The highest BCUT2D eigenvalue weighted by atomic mass is 16.1. The molecule has 1 aromatic heterocycles. The third kappa shape index (κ3) is 1.48. The first kappa shape index (κ1) is 9.71. The van der Waals surface area contributed by atoms with Crippen molar-refractivity contribution in [3.05, 3.63) is 42.3 Å². The van der Waals surface area contributed by atoms with E-state index < -0.39 is 5.41 Å².